The van der Waals surface area contributed by atoms with E-state index in [2.05, 4.69) is 10.1 Å². The van der Waals surface area contributed by atoms with Crippen molar-refractivity contribution in [2.45, 2.75) is 13.0 Å². The maximum atomic E-state index is 12.8. The van der Waals surface area contributed by atoms with Gasteiger partial charge in [-0.2, -0.15) is 0 Å². The maximum Gasteiger partial charge on any atom is 0.356 e. The Morgan fingerprint density at radius 1 is 1.10 bits per heavy atom. The fourth-order valence-corrected chi connectivity index (χ4v) is 2.85. The van der Waals surface area contributed by atoms with Crippen LogP contribution in [0.2, 0.25) is 0 Å². The fourth-order valence-electron chi connectivity index (χ4n) is 2.85. The van der Waals surface area contributed by atoms with Crippen LogP contribution in [0.3, 0.4) is 0 Å². The van der Waals surface area contributed by atoms with Crippen molar-refractivity contribution in [2.75, 3.05) is 21.3 Å². The molecule has 158 valence electrons. The number of hydrogen-bond donors (Lipinski definition) is 3. The Hall–Kier alpha value is -3.81. The molecule has 2 rings (SSSR count). The van der Waals surface area contributed by atoms with Crippen LogP contribution in [-0.2, 0) is 9.53 Å². The van der Waals surface area contributed by atoms with Crippen LogP contribution in [0.15, 0.2) is 48.7 Å². The lowest BCUT2D eigenvalue weighted by Gasteiger charge is -2.17. The second-order valence-corrected chi connectivity index (χ2v) is 6.33. The van der Waals surface area contributed by atoms with E-state index in [4.69, 9.17) is 20.6 Å². The lowest BCUT2D eigenvalue weighted by Crippen LogP contribution is -2.27. The molecule has 2 aromatic rings. The van der Waals surface area contributed by atoms with Crippen molar-refractivity contribution < 1.29 is 23.8 Å². The van der Waals surface area contributed by atoms with Gasteiger partial charge in [0.25, 0.3) is 5.91 Å². The fraction of sp³-hybridized carbons (Fsp3) is 0.227. The lowest BCUT2D eigenvalue weighted by molar-refractivity contribution is -0.132. The molecule has 0 spiro atoms. The first-order chi connectivity index (χ1) is 14.4. The summed E-state index contributed by atoms with van der Waals surface area (Å²) in [4.78, 5) is 24.5. The SMILES string of the molecule is COC(=O)C(=N)/C(=C\N)c1ccc(C(=O)N[C@H](C)c2cccc(OC)c2)c(OC)c1. The van der Waals surface area contributed by atoms with E-state index in [9.17, 15) is 9.59 Å². The summed E-state index contributed by atoms with van der Waals surface area (Å²) < 4.78 is 15.2. The number of ether oxygens (including phenoxy) is 3. The lowest BCUT2D eigenvalue weighted by atomic mass is 9.99. The largest absolute Gasteiger partial charge is 0.497 e. The number of benzene rings is 2. The molecule has 0 fully saturated rings. The summed E-state index contributed by atoms with van der Waals surface area (Å²) in [5.41, 5.74) is 7.00. The summed E-state index contributed by atoms with van der Waals surface area (Å²) in [7, 11) is 4.19. The van der Waals surface area contributed by atoms with Crippen LogP contribution < -0.4 is 20.5 Å². The predicted octanol–water partition coefficient (Wildman–Crippen LogP) is 2.69. The molecule has 30 heavy (non-hydrogen) atoms. The summed E-state index contributed by atoms with van der Waals surface area (Å²) in [5, 5.41) is 10.8. The molecular weight excluding hydrogens is 386 g/mol. The average molecular weight is 411 g/mol. The molecule has 0 radical (unpaired) electrons. The minimum absolute atomic E-state index is 0.164. The van der Waals surface area contributed by atoms with Crippen LogP contribution in [0.25, 0.3) is 5.57 Å². The van der Waals surface area contributed by atoms with Crippen LogP contribution in [0.5, 0.6) is 11.5 Å². The zero-order valence-corrected chi connectivity index (χ0v) is 17.3. The van der Waals surface area contributed by atoms with Crippen molar-refractivity contribution in [1.82, 2.24) is 5.32 Å². The third kappa shape index (κ3) is 4.96. The summed E-state index contributed by atoms with van der Waals surface area (Å²) in [6.45, 7) is 1.86. The van der Waals surface area contributed by atoms with Crippen LogP contribution >= 0.6 is 0 Å². The molecule has 1 atom stereocenters. The monoisotopic (exact) mass is 411 g/mol. The Kier molecular flexibility index (Phi) is 7.57. The van der Waals surface area contributed by atoms with Gasteiger partial charge >= 0.3 is 5.97 Å². The molecule has 8 nitrogen and oxygen atoms in total. The molecular formula is C22H25N3O5. The van der Waals surface area contributed by atoms with Crippen molar-refractivity contribution in [3.63, 3.8) is 0 Å². The van der Waals surface area contributed by atoms with Crippen molar-refractivity contribution in [1.29, 1.82) is 5.41 Å². The number of hydrogen-bond acceptors (Lipinski definition) is 7. The van der Waals surface area contributed by atoms with Crippen LogP contribution in [0.4, 0.5) is 0 Å². The molecule has 0 aliphatic heterocycles. The van der Waals surface area contributed by atoms with Gasteiger partial charge in [-0.25, -0.2) is 4.79 Å². The van der Waals surface area contributed by atoms with Gasteiger partial charge in [0.1, 0.15) is 17.2 Å². The summed E-state index contributed by atoms with van der Waals surface area (Å²) >= 11 is 0. The molecule has 0 saturated carbocycles. The summed E-state index contributed by atoms with van der Waals surface area (Å²) in [6, 6.07) is 11.8. The minimum Gasteiger partial charge on any atom is -0.497 e. The van der Waals surface area contributed by atoms with Crippen LogP contribution in [-0.4, -0.2) is 38.9 Å². The third-order valence-electron chi connectivity index (χ3n) is 4.52. The van der Waals surface area contributed by atoms with E-state index in [0.717, 1.165) is 11.8 Å². The number of amides is 1. The topological polar surface area (TPSA) is 124 Å². The summed E-state index contributed by atoms with van der Waals surface area (Å²) in [5.74, 6) is -0.181. The molecule has 4 N–H and O–H groups in total. The number of esters is 1. The van der Waals surface area contributed by atoms with E-state index in [1.807, 2.05) is 31.2 Å². The van der Waals surface area contributed by atoms with Gasteiger partial charge in [-0.05, 0) is 42.3 Å². The van der Waals surface area contributed by atoms with E-state index in [0.29, 0.717) is 16.9 Å². The van der Waals surface area contributed by atoms with E-state index in [1.165, 1.54) is 14.2 Å². The molecule has 1 amide bonds. The van der Waals surface area contributed by atoms with Crippen molar-refractivity contribution in [3.8, 4) is 11.5 Å². The minimum atomic E-state index is -0.820. The highest BCUT2D eigenvalue weighted by Gasteiger charge is 2.20. The molecule has 8 heteroatoms. The zero-order valence-electron chi connectivity index (χ0n) is 17.3. The Morgan fingerprint density at radius 2 is 1.83 bits per heavy atom. The number of rotatable bonds is 8. The normalized spacial score (nSPS) is 11.9. The molecule has 0 bridgehead atoms. The molecule has 0 saturated heterocycles. The summed E-state index contributed by atoms with van der Waals surface area (Å²) in [6.07, 6.45) is 1.14. The Labute approximate surface area is 175 Å². The number of carbonyl (C=O) groups is 2. The Balaban J connectivity index is 2.28. The molecule has 2 aromatic carbocycles. The molecule has 0 unspecified atom stereocenters. The van der Waals surface area contributed by atoms with Crippen LogP contribution in [0.1, 0.15) is 34.5 Å². The highest BCUT2D eigenvalue weighted by atomic mass is 16.5. The first-order valence-electron chi connectivity index (χ1n) is 9.08. The quantitative estimate of drug-likeness (QED) is 0.453. The Bertz CT molecular complexity index is 984. The van der Waals surface area contributed by atoms with Gasteiger partial charge in [-0.3, -0.25) is 10.2 Å². The number of nitrogens with one attached hydrogen (secondary N) is 2. The van der Waals surface area contributed by atoms with E-state index in [-0.39, 0.29) is 23.3 Å². The smallest absolute Gasteiger partial charge is 0.356 e. The van der Waals surface area contributed by atoms with Crippen molar-refractivity contribution in [2.24, 2.45) is 5.73 Å². The molecule has 0 aromatic heterocycles. The van der Waals surface area contributed by atoms with Gasteiger partial charge in [0.15, 0.2) is 0 Å². The van der Waals surface area contributed by atoms with E-state index >= 15 is 0 Å². The van der Waals surface area contributed by atoms with Gasteiger partial charge < -0.3 is 25.3 Å². The van der Waals surface area contributed by atoms with Gasteiger partial charge in [0.05, 0.1) is 32.9 Å². The van der Waals surface area contributed by atoms with Crippen molar-refractivity contribution >= 4 is 23.2 Å². The van der Waals surface area contributed by atoms with E-state index in [1.54, 1.807) is 25.3 Å². The highest BCUT2D eigenvalue weighted by Crippen LogP contribution is 2.26. The number of carbonyl (C=O) groups excluding carboxylic acids is 2. The van der Waals surface area contributed by atoms with E-state index < -0.39 is 11.7 Å². The third-order valence-corrected chi connectivity index (χ3v) is 4.52. The Morgan fingerprint density at radius 3 is 2.43 bits per heavy atom. The van der Waals surface area contributed by atoms with Gasteiger partial charge in [-0.15, -0.1) is 0 Å². The predicted molar refractivity (Wildman–Crippen MR) is 114 cm³/mol. The van der Waals surface area contributed by atoms with Gasteiger partial charge in [0.2, 0.25) is 0 Å². The molecule has 0 aliphatic carbocycles. The standard InChI is InChI=1S/C22H25N3O5/c1-13(14-6-5-7-16(10-14)28-2)25-21(26)17-9-8-15(11-19(17)29-3)18(12-23)20(24)22(27)30-4/h5-13,24H,23H2,1-4H3,(H,25,26)/b18-12-,24-20?/t13-/m1/s1. The second kappa shape index (κ2) is 10.1. The second-order valence-electron chi connectivity index (χ2n) is 6.33. The average Bonchev–Trinajstić information content (AvgIpc) is 2.78. The first kappa shape index (κ1) is 22.5. The van der Waals surface area contributed by atoms with Crippen LogP contribution in [0, 0.1) is 5.41 Å². The molecule has 0 aliphatic rings. The first-order valence-corrected chi connectivity index (χ1v) is 9.08. The number of methoxy groups -OCH3 is 3. The number of nitrogens with two attached hydrogens (primary N) is 1. The van der Waals surface area contributed by atoms with Gasteiger partial charge in [-0.1, -0.05) is 18.2 Å². The maximum absolute atomic E-state index is 12.8. The molecule has 0 heterocycles. The van der Waals surface area contributed by atoms with Gasteiger partial charge in [0, 0.05) is 11.8 Å². The zero-order chi connectivity index (χ0) is 22.3. The van der Waals surface area contributed by atoms with Crippen molar-refractivity contribution in [3.05, 3.63) is 65.4 Å². The highest BCUT2D eigenvalue weighted by molar-refractivity contribution is 6.53.